The molecule has 18 heavy (non-hydrogen) atoms. The highest BCUT2D eigenvalue weighted by Gasteiger charge is 2.31. The van der Waals surface area contributed by atoms with E-state index in [9.17, 15) is 13.2 Å². The first-order chi connectivity index (χ1) is 8.40. The molecule has 1 aliphatic rings. The second kappa shape index (κ2) is 7.31. The van der Waals surface area contributed by atoms with Crippen LogP contribution in [-0.4, -0.2) is 61.3 Å². The van der Waals surface area contributed by atoms with Gasteiger partial charge in [-0.15, -0.1) is 0 Å². The molecule has 3 nitrogen and oxygen atoms in total. The predicted molar refractivity (Wildman–Crippen MR) is 66.4 cm³/mol. The molecule has 0 aromatic heterocycles. The van der Waals surface area contributed by atoms with Crippen molar-refractivity contribution in [2.24, 2.45) is 5.73 Å². The molecule has 1 aliphatic heterocycles. The van der Waals surface area contributed by atoms with Crippen molar-refractivity contribution in [3.63, 3.8) is 0 Å². The van der Waals surface area contributed by atoms with Gasteiger partial charge in [-0.1, -0.05) is 6.92 Å². The summed E-state index contributed by atoms with van der Waals surface area (Å²) in [4.78, 5) is 3.71. The third-order valence-corrected chi connectivity index (χ3v) is 3.44. The second-order valence-electron chi connectivity index (χ2n) is 5.04. The van der Waals surface area contributed by atoms with Crippen molar-refractivity contribution in [3.8, 4) is 0 Å². The maximum atomic E-state index is 12.2. The zero-order chi connectivity index (χ0) is 13.6. The van der Waals surface area contributed by atoms with Crippen molar-refractivity contribution in [1.29, 1.82) is 0 Å². The fourth-order valence-electron chi connectivity index (χ4n) is 2.21. The van der Waals surface area contributed by atoms with E-state index in [1.165, 1.54) is 4.90 Å². The first-order valence-corrected chi connectivity index (χ1v) is 6.67. The minimum atomic E-state index is -4.07. The lowest BCUT2D eigenvalue weighted by atomic mass is 10.1. The summed E-state index contributed by atoms with van der Waals surface area (Å²) in [5.41, 5.74) is 5.83. The predicted octanol–water partition coefficient (Wildman–Crippen LogP) is 1.68. The molecule has 2 N–H and O–H groups in total. The van der Waals surface area contributed by atoms with Crippen LogP contribution in [0.3, 0.4) is 0 Å². The lowest BCUT2D eigenvalue weighted by Gasteiger charge is -2.35. The molecule has 6 heteroatoms. The van der Waals surface area contributed by atoms with Gasteiger partial charge in [0.1, 0.15) is 0 Å². The van der Waals surface area contributed by atoms with Crippen molar-refractivity contribution in [2.75, 3.05) is 39.3 Å². The lowest BCUT2D eigenvalue weighted by Crippen LogP contribution is -2.49. The van der Waals surface area contributed by atoms with Crippen LogP contribution in [0.1, 0.15) is 26.2 Å². The van der Waals surface area contributed by atoms with Crippen LogP contribution in [0.5, 0.6) is 0 Å². The van der Waals surface area contributed by atoms with Crippen molar-refractivity contribution < 1.29 is 13.2 Å². The van der Waals surface area contributed by atoms with Crippen molar-refractivity contribution in [3.05, 3.63) is 0 Å². The van der Waals surface area contributed by atoms with E-state index in [0.717, 1.165) is 38.9 Å². The normalized spacial score (nSPS) is 21.2. The topological polar surface area (TPSA) is 32.5 Å². The number of nitrogens with two attached hydrogens (primary N) is 1. The Labute approximate surface area is 107 Å². The molecule has 1 saturated heterocycles. The first kappa shape index (κ1) is 15.7. The molecule has 108 valence electrons. The summed E-state index contributed by atoms with van der Waals surface area (Å²) in [5, 5.41) is 0. The van der Waals surface area contributed by atoms with E-state index >= 15 is 0 Å². The first-order valence-electron chi connectivity index (χ1n) is 6.67. The van der Waals surface area contributed by atoms with Gasteiger partial charge in [-0.3, -0.25) is 4.90 Å². The second-order valence-corrected chi connectivity index (χ2v) is 5.04. The van der Waals surface area contributed by atoms with E-state index in [2.05, 4.69) is 11.8 Å². The molecule has 0 aliphatic carbocycles. The third kappa shape index (κ3) is 6.56. The SMILES string of the molecule is CCC(N)CCCN1CCN(CC(F)(F)F)CC1. The van der Waals surface area contributed by atoms with Gasteiger partial charge < -0.3 is 10.6 Å². The fraction of sp³-hybridized carbons (Fsp3) is 1.00. The van der Waals surface area contributed by atoms with Crippen LogP contribution in [0.25, 0.3) is 0 Å². The summed E-state index contributed by atoms with van der Waals surface area (Å²) in [5.74, 6) is 0. The molecule has 0 saturated carbocycles. The Balaban J connectivity index is 2.12. The van der Waals surface area contributed by atoms with Gasteiger partial charge in [0, 0.05) is 32.2 Å². The average molecular weight is 267 g/mol. The van der Waals surface area contributed by atoms with Crippen molar-refractivity contribution >= 4 is 0 Å². The number of alkyl halides is 3. The molecule has 1 rings (SSSR count). The third-order valence-electron chi connectivity index (χ3n) is 3.44. The number of piperazine rings is 1. The van der Waals surface area contributed by atoms with E-state index in [0.29, 0.717) is 13.1 Å². The van der Waals surface area contributed by atoms with Crippen LogP contribution >= 0.6 is 0 Å². The van der Waals surface area contributed by atoms with Crippen LogP contribution in [0.2, 0.25) is 0 Å². The van der Waals surface area contributed by atoms with E-state index < -0.39 is 12.7 Å². The number of halogens is 3. The van der Waals surface area contributed by atoms with Gasteiger partial charge in [0.05, 0.1) is 6.54 Å². The highest BCUT2D eigenvalue weighted by atomic mass is 19.4. The van der Waals surface area contributed by atoms with Gasteiger partial charge in [0.2, 0.25) is 0 Å². The average Bonchev–Trinajstić information content (AvgIpc) is 2.29. The van der Waals surface area contributed by atoms with Crippen LogP contribution in [0, 0.1) is 0 Å². The summed E-state index contributed by atoms with van der Waals surface area (Å²) in [6.45, 7) is 4.74. The Kier molecular flexibility index (Phi) is 6.38. The molecule has 0 spiro atoms. The lowest BCUT2D eigenvalue weighted by molar-refractivity contribution is -0.149. The summed E-state index contributed by atoms with van der Waals surface area (Å²) in [6, 6.07) is 0.261. The van der Waals surface area contributed by atoms with E-state index in [4.69, 9.17) is 5.73 Å². The van der Waals surface area contributed by atoms with Gasteiger partial charge in [0.15, 0.2) is 0 Å². The Morgan fingerprint density at radius 2 is 1.67 bits per heavy atom. The molecule has 0 aromatic carbocycles. The van der Waals surface area contributed by atoms with E-state index in [1.54, 1.807) is 0 Å². The van der Waals surface area contributed by atoms with Crippen LogP contribution < -0.4 is 5.73 Å². The largest absolute Gasteiger partial charge is 0.401 e. The monoisotopic (exact) mass is 267 g/mol. The molecule has 1 atom stereocenters. The van der Waals surface area contributed by atoms with Crippen molar-refractivity contribution in [2.45, 2.75) is 38.4 Å². The number of nitrogens with zero attached hydrogens (tertiary/aromatic N) is 2. The van der Waals surface area contributed by atoms with E-state index in [-0.39, 0.29) is 6.04 Å². The Morgan fingerprint density at radius 3 is 2.17 bits per heavy atom. The molecule has 1 fully saturated rings. The van der Waals surface area contributed by atoms with Gasteiger partial charge >= 0.3 is 6.18 Å². The highest BCUT2D eigenvalue weighted by molar-refractivity contribution is 4.74. The van der Waals surface area contributed by atoms with E-state index in [1.807, 2.05) is 0 Å². The quantitative estimate of drug-likeness (QED) is 0.795. The minimum absolute atomic E-state index is 0.261. The summed E-state index contributed by atoms with van der Waals surface area (Å²) >= 11 is 0. The van der Waals surface area contributed by atoms with Gasteiger partial charge in [-0.25, -0.2) is 0 Å². The van der Waals surface area contributed by atoms with Gasteiger partial charge in [0.25, 0.3) is 0 Å². The summed E-state index contributed by atoms with van der Waals surface area (Å²) in [6.07, 6.45) is -1.05. The van der Waals surface area contributed by atoms with Crippen LogP contribution in [0.15, 0.2) is 0 Å². The van der Waals surface area contributed by atoms with Crippen molar-refractivity contribution in [1.82, 2.24) is 9.80 Å². The Hall–Kier alpha value is -0.330. The zero-order valence-corrected chi connectivity index (χ0v) is 11.0. The maximum absolute atomic E-state index is 12.2. The molecule has 0 aromatic rings. The Bertz CT molecular complexity index is 225. The molecular formula is C12H24F3N3. The molecule has 0 radical (unpaired) electrons. The molecular weight excluding hydrogens is 243 g/mol. The summed E-state index contributed by atoms with van der Waals surface area (Å²) < 4.78 is 36.6. The number of hydrogen-bond donors (Lipinski definition) is 1. The molecule has 0 bridgehead atoms. The standard InChI is InChI=1S/C12H24F3N3/c1-2-11(16)4-3-5-17-6-8-18(9-7-17)10-12(13,14)15/h11H,2-10,16H2,1H3. The van der Waals surface area contributed by atoms with Crippen LogP contribution in [0.4, 0.5) is 13.2 Å². The smallest absolute Gasteiger partial charge is 0.328 e. The fourth-order valence-corrected chi connectivity index (χ4v) is 2.21. The molecule has 1 unspecified atom stereocenters. The minimum Gasteiger partial charge on any atom is -0.328 e. The summed E-state index contributed by atoms with van der Waals surface area (Å²) in [7, 11) is 0. The maximum Gasteiger partial charge on any atom is 0.401 e. The number of rotatable bonds is 6. The van der Waals surface area contributed by atoms with Gasteiger partial charge in [-0.05, 0) is 25.8 Å². The number of hydrogen-bond acceptors (Lipinski definition) is 3. The molecule has 1 heterocycles. The molecule has 0 amide bonds. The zero-order valence-electron chi connectivity index (χ0n) is 11.0. The van der Waals surface area contributed by atoms with Crippen LogP contribution in [-0.2, 0) is 0 Å². The van der Waals surface area contributed by atoms with Gasteiger partial charge in [-0.2, -0.15) is 13.2 Å². The highest BCUT2D eigenvalue weighted by Crippen LogP contribution is 2.17. The Morgan fingerprint density at radius 1 is 1.11 bits per heavy atom.